The third-order valence-electron chi connectivity index (χ3n) is 2.96. The van der Waals surface area contributed by atoms with E-state index in [1.807, 2.05) is 18.2 Å². The first-order valence-corrected chi connectivity index (χ1v) is 6.01. The van der Waals surface area contributed by atoms with Gasteiger partial charge in [-0.3, -0.25) is 0 Å². The lowest BCUT2D eigenvalue weighted by Crippen LogP contribution is -2.44. The number of carbonyl (C=O) groups is 1. The van der Waals surface area contributed by atoms with Crippen LogP contribution in [0, 0.1) is 0 Å². The van der Waals surface area contributed by atoms with E-state index in [1.165, 1.54) is 0 Å². The van der Waals surface area contributed by atoms with Crippen LogP contribution < -0.4 is 10.1 Å². The number of alkyl carbamates (subject to hydrolysis) is 1. The van der Waals surface area contributed by atoms with Crippen molar-refractivity contribution in [2.45, 2.75) is 18.9 Å². The molecule has 0 saturated heterocycles. The summed E-state index contributed by atoms with van der Waals surface area (Å²) in [5.74, 6) is 0.664. The second-order valence-corrected chi connectivity index (χ2v) is 4.20. The Bertz CT molecular complexity index is 435. The van der Waals surface area contributed by atoms with Gasteiger partial charge in [-0.25, -0.2) is 4.79 Å². The fourth-order valence-corrected chi connectivity index (χ4v) is 2.03. The fourth-order valence-electron chi connectivity index (χ4n) is 2.03. The summed E-state index contributed by atoms with van der Waals surface area (Å²) in [4.78, 5) is 11.3. The Balaban J connectivity index is 2.10. The highest BCUT2D eigenvalue weighted by Gasteiger charge is 2.35. The Morgan fingerprint density at radius 1 is 1.56 bits per heavy atom. The fraction of sp³-hybridized carbons (Fsp3) is 0.462. The summed E-state index contributed by atoms with van der Waals surface area (Å²) in [6.45, 7) is 2.59. The molecular weight excluding hydrogens is 234 g/mol. The Morgan fingerprint density at radius 3 is 3.11 bits per heavy atom. The molecule has 5 nitrogen and oxygen atoms in total. The summed E-state index contributed by atoms with van der Waals surface area (Å²) >= 11 is 0. The van der Waals surface area contributed by atoms with E-state index in [9.17, 15) is 9.90 Å². The standard InChI is InChI=1S/C13H17NO4/c1-2-17-12(15)14-9-13(16)7-8-18-11-6-4-3-5-10(11)13/h3-6,16H,2,7-9H2,1H3,(H,14,15). The normalized spacial score (nSPS) is 21.7. The molecule has 1 aromatic carbocycles. The number of hydrogen-bond acceptors (Lipinski definition) is 4. The summed E-state index contributed by atoms with van der Waals surface area (Å²) in [7, 11) is 0. The maximum absolute atomic E-state index is 11.3. The number of para-hydroxylation sites is 1. The first-order chi connectivity index (χ1) is 8.65. The van der Waals surface area contributed by atoms with Crippen molar-refractivity contribution in [3.63, 3.8) is 0 Å². The molecule has 1 atom stereocenters. The first kappa shape index (κ1) is 12.7. The average molecular weight is 251 g/mol. The zero-order valence-corrected chi connectivity index (χ0v) is 10.3. The smallest absolute Gasteiger partial charge is 0.407 e. The molecule has 18 heavy (non-hydrogen) atoms. The van der Waals surface area contributed by atoms with Crippen LogP contribution in [0.4, 0.5) is 4.79 Å². The Morgan fingerprint density at radius 2 is 2.33 bits per heavy atom. The van der Waals surface area contributed by atoms with Crippen LogP contribution in [0.3, 0.4) is 0 Å². The Hall–Kier alpha value is -1.75. The van der Waals surface area contributed by atoms with Gasteiger partial charge >= 0.3 is 6.09 Å². The van der Waals surface area contributed by atoms with E-state index >= 15 is 0 Å². The summed E-state index contributed by atoms with van der Waals surface area (Å²) < 4.78 is 10.2. The van der Waals surface area contributed by atoms with E-state index in [0.717, 1.165) is 0 Å². The van der Waals surface area contributed by atoms with Gasteiger partial charge in [-0.1, -0.05) is 18.2 Å². The molecule has 0 aliphatic carbocycles. The number of hydrogen-bond donors (Lipinski definition) is 2. The monoisotopic (exact) mass is 251 g/mol. The van der Waals surface area contributed by atoms with Gasteiger partial charge in [-0.2, -0.15) is 0 Å². The highest BCUT2D eigenvalue weighted by Crippen LogP contribution is 2.36. The molecule has 0 aromatic heterocycles. The summed E-state index contributed by atoms with van der Waals surface area (Å²) in [5.41, 5.74) is -0.394. The molecule has 1 aliphatic rings. The van der Waals surface area contributed by atoms with Crippen LogP contribution in [0.15, 0.2) is 24.3 Å². The minimum Gasteiger partial charge on any atom is -0.493 e. The van der Waals surface area contributed by atoms with Gasteiger partial charge in [0.05, 0.1) is 19.8 Å². The maximum atomic E-state index is 11.3. The number of amides is 1. The van der Waals surface area contributed by atoms with Crippen LogP contribution in [-0.2, 0) is 10.3 Å². The van der Waals surface area contributed by atoms with Crippen molar-refractivity contribution < 1.29 is 19.4 Å². The second-order valence-electron chi connectivity index (χ2n) is 4.20. The summed E-state index contributed by atoms with van der Waals surface area (Å²) in [6.07, 6.45) is -0.0777. The number of nitrogens with one attached hydrogen (secondary N) is 1. The average Bonchev–Trinajstić information content (AvgIpc) is 2.38. The van der Waals surface area contributed by atoms with E-state index in [-0.39, 0.29) is 6.54 Å². The number of aliphatic hydroxyl groups is 1. The molecule has 98 valence electrons. The third kappa shape index (κ3) is 2.56. The molecule has 1 aliphatic heterocycles. The zero-order chi connectivity index (χ0) is 13.0. The highest BCUT2D eigenvalue weighted by atomic mass is 16.5. The van der Waals surface area contributed by atoms with Gasteiger partial charge in [0.1, 0.15) is 11.4 Å². The SMILES string of the molecule is CCOC(=O)NCC1(O)CCOc2ccccc21. The molecule has 1 heterocycles. The molecule has 0 saturated carbocycles. The van der Waals surface area contributed by atoms with Crippen molar-refractivity contribution in [2.75, 3.05) is 19.8 Å². The van der Waals surface area contributed by atoms with Crippen LogP contribution in [-0.4, -0.2) is 31.0 Å². The van der Waals surface area contributed by atoms with E-state index < -0.39 is 11.7 Å². The second kappa shape index (κ2) is 5.27. The van der Waals surface area contributed by atoms with Gasteiger partial charge in [0.25, 0.3) is 0 Å². The molecule has 0 bridgehead atoms. The van der Waals surface area contributed by atoms with E-state index in [0.29, 0.717) is 30.9 Å². The number of carbonyl (C=O) groups excluding carboxylic acids is 1. The summed E-state index contributed by atoms with van der Waals surface area (Å²) in [6, 6.07) is 7.30. The molecule has 0 fully saturated rings. The minimum absolute atomic E-state index is 0.117. The molecule has 0 radical (unpaired) electrons. The van der Waals surface area contributed by atoms with Gasteiger partial charge in [-0.15, -0.1) is 0 Å². The molecule has 5 heteroatoms. The topological polar surface area (TPSA) is 67.8 Å². The molecule has 1 aromatic rings. The van der Waals surface area contributed by atoms with Gasteiger partial charge in [0.2, 0.25) is 0 Å². The minimum atomic E-state index is -1.10. The van der Waals surface area contributed by atoms with E-state index in [4.69, 9.17) is 9.47 Å². The molecule has 0 spiro atoms. The van der Waals surface area contributed by atoms with Gasteiger partial charge in [-0.05, 0) is 13.0 Å². The largest absolute Gasteiger partial charge is 0.493 e. The van der Waals surface area contributed by atoms with Crippen molar-refractivity contribution in [1.29, 1.82) is 0 Å². The lowest BCUT2D eigenvalue weighted by Gasteiger charge is -2.34. The van der Waals surface area contributed by atoms with Gasteiger partial charge in [0.15, 0.2) is 0 Å². The predicted molar refractivity (Wildman–Crippen MR) is 65.5 cm³/mol. The first-order valence-electron chi connectivity index (χ1n) is 6.01. The van der Waals surface area contributed by atoms with E-state index in [2.05, 4.69) is 5.32 Å². The van der Waals surface area contributed by atoms with Crippen LogP contribution in [0.2, 0.25) is 0 Å². The quantitative estimate of drug-likeness (QED) is 0.852. The van der Waals surface area contributed by atoms with Crippen molar-refractivity contribution in [3.8, 4) is 5.75 Å². The van der Waals surface area contributed by atoms with Crippen molar-refractivity contribution in [3.05, 3.63) is 29.8 Å². The van der Waals surface area contributed by atoms with Gasteiger partial charge in [0, 0.05) is 12.0 Å². The molecule has 2 N–H and O–H groups in total. The third-order valence-corrected chi connectivity index (χ3v) is 2.96. The Kier molecular flexibility index (Phi) is 3.72. The molecule has 2 rings (SSSR count). The highest BCUT2D eigenvalue weighted by molar-refractivity contribution is 5.67. The lowest BCUT2D eigenvalue weighted by molar-refractivity contribution is -0.00233. The predicted octanol–water partition coefficient (Wildman–Crippen LogP) is 1.40. The van der Waals surface area contributed by atoms with Crippen molar-refractivity contribution in [2.24, 2.45) is 0 Å². The van der Waals surface area contributed by atoms with Crippen molar-refractivity contribution >= 4 is 6.09 Å². The summed E-state index contributed by atoms with van der Waals surface area (Å²) in [5, 5.41) is 13.2. The number of fused-ring (bicyclic) bond motifs is 1. The van der Waals surface area contributed by atoms with E-state index in [1.54, 1.807) is 13.0 Å². The lowest BCUT2D eigenvalue weighted by atomic mass is 9.88. The van der Waals surface area contributed by atoms with Gasteiger partial charge < -0.3 is 19.9 Å². The molecular formula is C13H17NO4. The van der Waals surface area contributed by atoms with Crippen LogP contribution in [0.25, 0.3) is 0 Å². The van der Waals surface area contributed by atoms with Crippen LogP contribution in [0.5, 0.6) is 5.75 Å². The van der Waals surface area contributed by atoms with Crippen LogP contribution >= 0.6 is 0 Å². The maximum Gasteiger partial charge on any atom is 0.407 e. The van der Waals surface area contributed by atoms with Crippen molar-refractivity contribution in [1.82, 2.24) is 5.32 Å². The number of benzene rings is 1. The number of ether oxygens (including phenoxy) is 2. The Labute approximate surface area is 106 Å². The zero-order valence-electron chi connectivity index (χ0n) is 10.3. The van der Waals surface area contributed by atoms with Crippen LogP contribution in [0.1, 0.15) is 18.9 Å². The molecule has 1 unspecified atom stereocenters. The number of rotatable bonds is 3. The molecule has 1 amide bonds.